The van der Waals surface area contributed by atoms with E-state index in [2.05, 4.69) is 20.6 Å². The number of piperazine rings is 1. The number of carbonyl (C=O) groups excluding carboxylic acids is 2. The first-order chi connectivity index (χ1) is 16.3. The van der Waals surface area contributed by atoms with Gasteiger partial charge in [0, 0.05) is 45.0 Å². The summed E-state index contributed by atoms with van der Waals surface area (Å²) in [4.78, 5) is 25.8. The van der Waals surface area contributed by atoms with E-state index in [9.17, 15) is 18.0 Å². The summed E-state index contributed by atoms with van der Waals surface area (Å²) in [5.41, 5.74) is 0.678. The topological polar surface area (TPSA) is 153 Å². The van der Waals surface area contributed by atoms with Crippen LogP contribution >= 0.6 is 0 Å². The number of amides is 2. The van der Waals surface area contributed by atoms with Gasteiger partial charge in [0.15, 0.2) is 0 Å². The van der Waals surface area contributed by atoms with Gasteiger partial charge in [-0.2, -0.15) is 9.40 Å². The molecular formula is C20H23N7O6S. The molecule has 4 rings (SSSR count). The number of hydrogen-bond acceptors (Lipinski definition) is 9. The van der Waals surface area contributed by atoms with Crippen molar-refractivity contribution in [2.24, 2.45) is 7.05 Å². The van der Waals surface area contributed by atoms with Crippen LogP contribution in [0.3, 0.4) is 0 Å². The third kappa shape index (κ3) is 4.92. The van der Waals surface area contributed by atoms with Crippen molar-refractivity contribution in [1.29, 1.82) is 0 Å². The van der Waals surface area contributed by atoms with Crippen molar-refractivity contribution in [3.8, 4) is 11.6 Å². The van der Waals surface area contributed by atoms with Crippen LogP contribution in [0.4, 0.5) is 10.8 Å². The summed E-state index contributed by atoms with van der Waals surface area (Å²) in [6, 6.07) is 7.08. The van der Waals surface area contributed by atoms with Gasteiger partial charge in [0.05, 0.1) is 11.5 Å². The zero-order chi connectivity index (χ0) is 24.3. The van der Waals surface area contributed by atoms with Crippen LogP contribution in [0.15, 0.2) is 45.8 Å². The Kier molecular flexibility index (Phi) is 6.61. The predicted octanol–water partition coefficient (Wildman–Crippen LogP) is 1.19. The average Bonchev–Trinajstić information content (AvgIpc) is 3.48. The fourth-order valence-electron chi connectivity index (χ4n) is 3.33. The van der Waals surface area contributed by atoms with Crippen LogP contribution in [-0.2, 0) is 21.8 Å². The second-order valence-corrected chi connectivity index (χ2v) is 9.29. The quantitative estimate of drug-likeness (QED) is 0.538. The lowest BCUT2D eigenvalue weighted by Crippen LogP contribution is -2.50. The second kappa shape index (κ2) is 9.61. The Morgan fingerprint density at radius 1 is 1.09 bits per heavy atom. The van der Waals surface area contributed by atoms with E-state index in [1.54, 1.807) is 30.9 Å². The molecule has 1 fully saturated rings. The van der Waals surface area contributed by atoms with E-state index in [0.717, 1.165) is 0 Å². The summed E-state index contributed by atoms with van der Waals surface area (Å²) in [6.45, 7) is 2.75. The molecule has 0 unspecified atom stereocenters. The highest BCUT2D eigenvalue weighted by molar-refractivity contribution is 7.89. The van der Waals surface area contributed by atoms with E-state index in [-0.39, 0.29) is 55.2 Å². The second-order valence-electron chi connectivity index (χ2n) is 7.36. The molecular weight excluding hydrogens is 466 g/mol. The summed E-state index contributed by atoms with van der Waals surface area (Å²) in [5.74, 6) is -0.386. The number of nitrogens with zero attached hydrogens (tertiary/aromatic N) is 6. The van der Waals surface area contributed by atoms with Crippen LogP contribution in [0.1, 0.15) is 17.3 Å². The van der Waals surface area contributed by atoms with Gasteiger partial charge >= 0.3 is 12.1 Å². The maximum atomic E-state index is 13.0. The van der Waals surface area contributed by atoms with Crippen molar-refractivity contribution in [3.63, 3.8) is 0 Å². The third-order valence-corrected chi connectivity index (χ3v) is 7.01. The summed E-state index contributed by atoms with van der Waals surface area (Å²) in [6.07, 6.45) is 1.26. The Bertz CT molecular complexity index is 1280. The maximum absolute atomic E-state index is 13.0. The monoisotopic (exact) mass is 489 g/mol. The lowest BCUT2D eigenvalue weighted by atomic mass is 10.2. The SMILES string of the molecule is CCOC(=O)N1CCN(S(=O)(=O)c2ccc(C(=O)Nc3nnc(-c4ccn(C)n4)o3)cc2)CC1. The number of aromatic nitrogens is 4. The highest BCUT2D eigenvalue weighted by atomic mass is 32.2. The number of carbonyl (C=O) groups is 2. The normalized spacial score (nSPS) is 14.7. The molecule has 0 atom stereocenters. The lowest BCUT2D eigenvalue weighted by Gasteiger charge is -2.33. The van der Waals surface area contributed by atoms with Crippen molar-refractivity contribution in [2.75, 3.05) is 38.1 Å². The van der Waals surface area contributed by atoms with Gasteiger partial charge in [0.25, 0.3) is 11.8 Å². The number of rotatable bonds is 6. The van der Waals surface area contributed by atoms with Crippen molar-refractivity contribution < 1.29 is 27.2 Å². The predicted molar refractivity (Wildman–Crippen MR) is 118 cm³/mol. The minimum atomic E-state index is -3.78. The summed E-state index contributed by atoms with van der Waals surface area (Å²) in [7, 11) is -2.03. The summed E-state index contributed by atoms with van der Waals surface area (Å²) in [5, 5.41) is 14.2. The molecule has 2 amide bonds. The molecule has 1 saturated heterocycles. The van der Waals surface area contributed by atoms with Crippen LogP contribution in [0.5, 0.6) is 0 Å². The van der Waals surface area contributed by atoms with Gasteiger partial charge in [0.1, 0.15) is 5.69 Å². The molecule has 0 saturated carbocycles. The van der Waals surface area contributed by atoms with Crippen LogP contribution in [0.2, 0.25) is 0 Å². The Morgan fingerprint density at radius 2 is 1.79 bits per heavy atom. The Hall–Kier alpha value is -3.78. The lowest BCUT2D eigenvalue weighted by molar-refractivity contribution is 0.0933. The van der Waals surface area contributed by atoms with E-state index in [1.807, 2.05) is 0 Å². The van der Waals surface area contributed by atoms with Gasteiger partial charge in [0.2, 0.25) is 10.0 Å². The third-order valence-electron chi connectivity index (χ3n) is 5.10. The largest absolute Gasteiger partial charge is 0.450 e. The number of sulfonamides is 1. The average molecular weight is 490 g/mol. The molecule has 2 aromatic heterocycles. The standard InChI is InChI=1S/C20H23N7O6S/c1-3-32-20(29)26-10-12-27(13-11-26)34(30,31)15-6-4-14(5-7-15)17(28)21-19-23-22-18(33-19)16-8-9-25(2)24-16/h4-9H,3,10-13H2,1-2H3,(H,21,23,28). The Balaban J connectivity index is 1.38. The molecule has 3 aromatic rings. The van der Waals surface area contributed by atoms with Gasteiger partial charge in [-0.05, 0) is 37.3 Å². The fourth-order valence-corrected chi connectivity index (χ4v) is 4.75. The number of anilines is 1. The van der Waals surface area contributed by atoms with Crippen molar-refractivity contribution >= 4 is 28.0 Å². The van der Waals surface area contributed by atoms with Crippen LogP contribution in [0.25, 0.3) is 11.6 Å². The highest BCUT2D eigenvalue weighted by Crippen LogP contribution is 2.20. The van der Waals surface area contributed by atoms with Crippen LogP contribution in [-0.4, -0.2) is 82.4 Å². The zero-order valence-electron chi connectivity index (χ0n) is 18.5. The first kappa shape index (κ1) is 23.4. The number of hydrogen-bond donors (Lipinski definition) is 1. The van der Waals surface area contributed by atoms with Crippen molar-refractivity contribution in [3.05, 3.63) is 42.1 Å². The fraction of sp³-hybridized carbons (Fsp3) is 0.350. The van der Waals surface area contributed by atoms with Gasteiger partial charge in [-0.3, -0.25) is 14.8 Å². The van der Waals surface area contributed by atoms with E-state index in [0.29, 0.717) is 5.69 Å². The van der Waals surface area contributed by atoms with Crippen molar-refractivity contribution in [2.45, 2.75) is 11.8 Å². The van der Waals surface area contributed by atoms with Gasteiger partial charge in [-0.15, -0.1) is 5.10 Å². The first-order valence-corrected chi connectivity index (χ1v) is 11.9. The first-order valence-electron chi connectivity index (χ1n) is 10.4. The van der Waals surface area contributed by atoms with Crippen LogP contribution < -0.4 is 5.32 Å². The molecule has 180 valence electrons. The maximum Gasteiger partial charge on any atom is 0.409 e. The molecule has 0 bridgehead atoms. The van der Waals surface area contributed by atoms with E-state index in [4.69, 9.17) is 9.15 Å². The van der Waals surface area contributed by atoms with Crippen molar-refractivity contribution in [1.82, 2.24) is 29.2 Å². The number of ether oxygens (including phenoxy) is 1. The number of benzene rings is 1. The summed E-state index contributed by atoms with van der Waals surface area (Å²) >= 11 is 0. The van der Waals surface area contributed by atoms with Gasteiger partial charge in [-0.25, -0.2) is 13.2 Å². The van der Waals surface area contributed by atoms with Gasteiger partial charge in [-0.1, -0.05) is 5.10 Å². The Morgan fingerprint density at radius 3 is 2.41 bits per heavy atom. The van der Waals surface area contributed by atoms with E-state index < -0.39 is 22.0 Å². The molecule has 1 aliphatic heterocycles. The molecule has 3 heterocycles. The van der Waals surface area contributed by atoms with Gasteiger partial charge < -0.3 is 14.1 Å². The summed E-state index contributed by atoms with van der Waals surface area (Å²) < 4.78 is 39.1. The highest BCUT2D eigenvalue weighted by Gasteiger charge is 2.30. The molecule has 34 heavy (non-hydrogen) atoms. The molecule has 14 heteroatoms. The molecule has 1 aliphatic rings. The smallest absolute Gasteiger partial charge is 0.409 e. The molecule has 0 spiro atoms. The number of aryl methyl sites for hydroxylation is 1. The minimum absolute atomic E-state index is 0.0452. The van der Waals surface area contributed by atoms with E-state index >= 15 is 0 Å². The zero-order valence-corrected chi connectivity index (χ0v) is 19.4. The minimum Gasteiger partial charge on any atom is -0.450 e. The number of nitrogens with one attached hydrogen (secondary N) is 1. The molecule has 0 radical (unpaired) electrons. The molecule has 1 aromatic carbocycles. The molecule has 0 aliphatic carbocycles. The molecule has 13 nitrogen and oxygen atoms in total. The van der Waals surface area contributed by atoms with Crippen LogP contribution in [0, 0.1) is 0 Å². The Labute approximate surface area is 195 Å². The molecule has 1 N–H and O–H groups in total. The van der Waals surface area contributed by atoms with E-state index in [1.165, 1.54) is 33.5 Å².